The molecule has 0 aliphatic carbocycles. The van der Waals surface area contributed by atoms with Gasteiger partial charge in [0, 0.05) is 80.9 Å². The van der Waals surface area contributed by atoms with Gasteiger partial charge < -0.3 is 19.3 Å². The standard InChI is InChI=1S/C35H30N4O5/c1-5-38-19(3)27(21-11-7-9-13-25(21)38)23-15-17-36-31(29(23)34(41)42)33(40)32-30(35(43)44)24(16-18-37-32)28-20(4)39(6-2)26-14-10-8-12-22(26)28/h7-18H,5-6H2,1-4H3,(H,41,42)(H,43,44). The zero-order valence-corrected chi connectivity index (χ0v) is 24.8. The summed E-state index contributed by atoms with van der Waals surface area (Å²) in [6, 6.07) is 18.5. The Morgan fingerprint density at radius 1 is 0.636 bits per heavy atom. The van der Waals surface area contributed by atoms with Crippen molar-refractivity contribution in [1.82, 2.24) is 19.1 Å². The monoisotopic (exact) mass is 586 g/mol. The van der Waals surface area contributed by atoms with Crippen LogP contribution >= 0.6 is 0 Å². The Hall–Kier alpha value is -5.57. The van der Waals surface area contributed by atoms with Crippen molar-refractivity contribution >= 4 is 39.5 Å². The maximum absolute atomic E-state index is 14.2. The van der Waals surface area contributed by atoms with Crippen LogP contribution in [0.15, 0.2) is 73.1 Å². The van der Waals surface area contributed by atoms with E-state index in [2.05, 4.69) is 19.1 Å². The lowest BCUT2D eigenvalue weighted by molar-refractivity contribution is 0.0687. The highest BCUT2D eigenvalue weighted by Crippen LogP contribution is 2.39. The molecule has 4 aromatic heterocycles. The number of aryl methyl sites for hydroxylation is 2. The van der Waals surface area contributed by atoms with Gasteiger partial charge in [0.2, 0.25) is 5.78 Å². The van der Waals surface area contributed by atoms with Crippen LogP contribution in [0, 0.1) is 13.8 Å². The predicted molar refractivity (Wildman–Crippen MR) is 169 cm³/mol. The first-order valence-corrected chi connectivity index (χ1v) is 14.4. The second-order valence-corrected chi connectivity index (χ2v) is 10.5. The molecule has 2 N–H and O–H groups in total. The van der Waals surface area contributed by atoms with Crippen molar-refractivity contribution < 1.29 is 24.6 Å². The normalized spacial score (nSPS) is 11.4. The molecule has 4 heterocycles. The Morgan fingerprint density at radius 3 is 1.39 bits per heavy atom. The summed E-state index contributed by atoms with van der Waals surface area (Å²) in [5.74, 6) is -3.57. The third-order valence-electron chi connectivity index (χ3n) is 8.39. The maximum atomic E-state index is 14.2. The average molecular weight is 587 g/mol. The molecule has 0 amide bonds. The van der Waals surface area contributed by atoms with Crippen LogP contribution in [0.3, 0.4) is 0 Å². The fourth-order valence-electron chi connectivity index (χ4n) is 6.59. The number of carbonyl (C=O) groups is 3. The summed E-state index contributed by atoms with van der Waals surface area (Å²) in [6.07, 6.45) is 2.77. The molecule has 0 saturated carbocycles. The molecule has 0 aliphatic rings. The molecule has 0 spiro atoms. The van der Waals surface area contributed by atoms with Gasteiger partial charge in [-0.1, -0.05) is 36.4 Å². The first-order chi connectivity index (χ1) is 21.2. The molecule has 220 valence electrons. The van der Waals surface area contributed by atoms with Crippen molar-refractivity contribution in [2.24, 2.45) is 0 Å². The highest BCUT2D eigenvalue weighted by molar-refractivity contribution is 6.20. The number of carboxylic acid groups (broad SMARTS) is 2. The minimum absolute atomic E-state index is 0.304. The van der Waals surface area contributed by atoms with Crippen molar-refractivity contribution in [2.45, 2.75) is 40.8 Å². The van der Waals surface area contributed by atoms with Gasteiger partial charge in [-0.2, -0.15) is 0 Å². The number of pyridine rings is 2. The van der Waals surface area contributed by atoms with E-state index in [0.29, 0.717) is 35.3 Å². The molecule has 2 aromatic carbocycles. The summed E-state index contributed by atoms with van der Waals surface area (Å²) in [6.45, 7) is 9.17. The van der Waals surface area contributed by atoms with Crippen LogP contribution in [0.1, 0.15) is 62.1 Å². The molecular weight excluding hydrogens is 556 g/mol. The third-order valence-corrected chi connectivity index (χ3v) is 8.39. The van der Waals surface area contributed by atoms with E-state index in [1.165, 1.54) is 12.4 Å². The van der Waals surface area contributed by atoms with E-state index in [9.17, 15) is 24.6 Å². The zero-order chi connectivity index (χ0) is 31.3. The van der Waals surface area contributed by atoms with E-state index >= 15 is 0 Å². The number of para-hydroxylation sites is 2. The van der Waals surface area contributed by atoms with Crippen LogP contribution in [0.25, 0.3) is 44.1 Å². The van der Waals surface area contributed by atoms with Crippen molar-refractivity contribution in [3.05, 3.63) is 107 Å². The highest BCUT2D eigenvalue weighted by Gasteiger charge is 2.32. The van der Waals surface area contributed by atoms with Crippen molar-refractivity contribution in [3.63, 3.8) is 0 Å². The summed E-state index contributed by atoms with van der Waals surface area (Å²) in [4.78, 5) is 48.4. The van der Waals surface area contributed by atoms with Crippen molar-refractivity contribution in [1.29, 1.82) is 0 Å². The molecule has 9 heteroatoms. The van der Waals surface area contributed by atoms with Crippen LogP contribution < -0.4 is 0 Å². The predicted octanol–water partition coefficient (Wildman–Crippen LogP) is 7.00. The largest absolute Gasteiger partial charge is 0.478 e. The van der Waals surface area contributed by atoms with E-state index in [1.807, 2.05) is 76.2 Å². The molecule has 9 nitrogen and oxygen atoms in total. The second kappa shape index (κ2) is 10.9. The summed E-state index contributed by atoms with van der Waals surface area (Å²) in [5, 5.41) is 22.7. The van der Waals surface area contributed by atoms with Crippen LogP contribution in [0.2, 0.25) is 0 Å². The number of aromatic nitrogens is 4. The second-order valence-electron chi connectivity index (χ2n) is 10.5. The minimum atomic E-state index is -1.35. The third kappa shape index (κ3) is 4.19. The Morgan fingerprint density at radius 2 is 1.02 bits per heavy atom. The Kier molecular flexibility index (Phi) is 7.09. The van der Waals surface area contributed by atoms with Crippen LogP contribution in [0.5, 0.6) is 0 Å². The maximum Gasteiger partial charge on any atom is 0.338 e. The number of ketones is 1. The molecule has 0 radical (unpaired) electrons. The quantitative estimate of drug-likeness (QED) is 0.184. The van der Waals surface area contributed by atoms with E-state index in [-0.39, 0.29) is 22.5 Å². The smallest absolute Gasteiger partial charge is 0.338 e. The number of aromatic carboxylic acids is 2. The summed E-state index contributed by atoms with van der Waals surface area (Å²) < 4.78 is 4.17. The molecular formula is C35H30N4O5. The van der Waals surface area contributed by atoms with Gasteiger partial charge in [0.1, 0.15) is 11.4 Å². The summed E-state index contributed by atoms with van der Waals surface area (Å²) in [5.41, 5.74) is 4.22. The molecule has 0 bridgehead atoms. The van der Waals surface area contributed by atoms with Gasteiger partial charge in [0.15, 0.2) is 0 Å². The number of rotatable bonds is 8. The topological polar surface area (TPSA) is 127 Å². The molecule has 0 aliphatic heterocycles. The van der Waals surface area contributed by atoms with E-state index in [1.54, 1.807) is 12.1 Å². The van der Waals surface area contributed by atoms with Gasteiger partial charge >= 0.3 is 11.9 Å². The number of carbonyl (C=O) groups excluding carboxylic acids is 1. The van der Waals surface area contributed by atoms with Gasteiger partial charge in [0.05, 0.1) is 11.1 Å². The summed E-state index contributed by atoms with van der Waals surface area (Å²) >= 11 is 0. The van der Waals surface area contributed by atoms with Crippen LogP contribution in [-0.4, -0.2) is 47.0 Å². The lowest BCUT2D eigenvalue weighted by Gasteiger charge is -2.14. The number of hydrogen-bond donors (Lipinski definition) is 2. The lowest BCUT2D eigenvalue weighted by atomic mass is 9.91. The van der Waals surface area contributed by atoms with E-state index in [4.69, 9.17) is 0 Å². The molecule has 0 atom stereocenters. The van der Waals surface area contributed by atoms with E-state index in [0.717, 1.165) is 33.2 Å². The summed E-state index contributed by atoms with van der Waals surface area (Å²) in [7, 11) is 0. The van der Waals surface area contributed by atoms with Gasteiger partial charge in [-0.05, 0) is 52.0 Å². The SMILES string of the molecule is CCn1c(C)c(-c2ccnc(C(=O)c3nccc(-c4c(C)n(CC)c5ccccc45)c3C(=O)O)c2C(=O)O)c2ccccc21. The number of hydrogen-bond acceptors (Lipinski definition) is 5. The van der Waals surface area contributed by atoms with Crippen molar-refractivity contribution in [2.75, 3.05) is 0 Å². The lowest BCUT2D eigenvalue weighted by Crippen LogP contribution is -2.18. The molecule has 0 saturated heterocycles. The first kappa shape index (κ1) is 28.5. The number of nitrogens with zero attached hydrogens (tertiary/aromatic N) is 4. The Bertz CT molecular complexity index is 2000. The zero-order valence-electron chi connectivity index (χ0n) is 24.8. The molecule has 0 fully saturated rings. The first-order valence-electron chi connectivity index (χ1n) is 14.4. The Balaban J connectivity index is 1.61. The molecule has 6 rings (SSSR count). The fraction of sp³-hybridized carbons (Fsp3) is 0.171. The van der Waals surface area contributed by atoms with Gasteiger partial charge in [-0.15, -0.1) is 0 Å². The highest BCUT2D eigenvalue weighted by atomic mass is 16.4. The number of benzene rings is 2. The van der Waals surface area contributed by atoms with Crippen molar-refractivity contribution in [3.8, 4) is 22.3 Å². The minimum Gasteiger partial charge on any atom is -0.478 e. The van der Waals surface area contributed by atoms with Gasteiger partial charge in [0.25, 0.3) is 0 Å². The van der Waals surface area contributed by atoms with Gasteiger partial charge in [-0.3, -0.25) is 14.8 Å². The average Bonchev–Trinajstić information content (AvgIpc) is 3.48. The van der Waals surface area contributed by atoms with Crippen LogP contribution in [-0.2, 0) is 13.1 Å². The number of carboxylic acids is 2. The van der Waals surface area contributed by atoms with E-state index < -0.39 is 17.7 Å². The van der Waals surface area contributed by atoms with Crippen LogP contribution in [0.4, 0.5) is 0 Å². The fourth-order valence-corrected chi connectivity index (χ4v) is 6.59. The molecule has 6 aromatic rings. The number of fused-ring (bicyclic) bond motifs is 2. The van der Waals surface area contributed by atoms with Gasteiger partial charge in [-0.25, -0.2) is 9.59 Å². The Labute approximate surface area is 253 Å². The molecule has 44 heavy (non-hydrogen) atoms. The molecule has 0 unspecified atom stereocenters.